The monoisotopic (exact) mass is 400 g/mol. The van der Waals surface area contributed by atoms with E-state index in [1.807, 2.05) is 42.6 Å². The van der Waals surface area contributed by atoms with Gasteiger partial charge in [0.05, 0.1) is 10.7 Å². The molecule has 1 saturated heterocycles. The number of nitrogens with zero attached hydrogens (tertiary/aromatic N) is 4. The summed E-state index contributed by atoms with van der Waals surface area (Å²) in [5, 5.41) is 10.9. The number of hydrogen-bond acceptors (Lipinski definition) is 5. The lowest BCUT2D eigenvalue weighted by Crippen LogP contribution is -2.48. The number of halogens is 1. The Morgan fingerprint density at radius 1 is 1.04 bits per heavy atom. The normalized spacial score (nSPS) is 17.1. The number of benzene rings is 1. The second kappa shape index (κ2) is 8.92. The third-order valence-corrected chi connectivity index (χ3v) is 5.31. The minimum absolute atomic E-state index is 0.241. The summed E-state index contributed by atoms with van der Waals surface area (Å²) in [6.07, 6.45) is 3.58. The zero-order valence-electron chi connectivity index (χ0n) is 15.7. The molecule has 1 N–H and O–H groups in total. The number of β-amino-alcohol motifs (C(OH)–C–C–N with tert-alkyl or cyclic N) is 1. The first-order valence-electron chi connectivity index (χ1n) is 9.60. The van der Waals surface area contributed by atoms with Crippen LogP contribution in [0.25, 0.3) is 5.65 Å². The van der Waals surface area contributed by atoms with Gasteiger partial charge in [0.1, 0.15) is 24.1 Å². The summed E-state index contributed by atoms with van der Waals surface area (Å²) >= 11 is 6.08. The van der Waals surface area contributed by atoms with Crippen molar-refractivity contribution in [2.24, 2.45) is 0 Å². The molecule has 1 aliphatic rings. The molecule has 0 saturated carbocycles. The third kappa shape index (κ3) is 4.83. The van der Waals surface area contributed by atoms with Crippen molar-refractivity contribution >= 4 is 17.2 Å². The number of aliphatic hydroxyl groups is 1. The first kappa shape index (κ1) is 19.2. The molecule has 7 heteroatoms. The van der Waals surface area contributed by atoms with Gasteiger partial charge in [-0.3, -0.25) is 9.80 Å². The van der Waals surface area contributed by atoms with Gasteiger partial charge in [-0.05, 0) is 24.3 Å². The molecule has 0 bridgehead atoms. The van der Waals surface area contributed by atoms with Crippen LogP contribution in [0, 0.1) is 0 Å². The Morgan fingerprint density at radius 2 is 1.79 bits per heavy atom. The number of piperazine rings is 1. The largest absolute Gasteiger partial charge is 0.489 e. The Morgan fingerprint density at radius 3 is 2.57 bits per heavy atom. The van der Waals surface area contributed by atoms with Crippen LogP contribution in [-0.2, 0) is 6.54 Å². The average Bonchev–Trinajstić information content (AvgIpc) is 3.11. The molecule has 3 aromatic rings. The van der Waals surface area contributed by atoms with E-state index in [4.69, 9.17) is 16.3 Å². The van der Waals surface area contributed by atoms with Crippen molar-refractivity contribution < 1.29 is 9.84 Å². The van der Waals surface area contributed by atoms with Gasteiger partial charge in [0.25, 0.3) is 0 Å². The molecule has 1 aliphatic heterocycles. The molecule has 3 heterocycles. The maximum Gasteiger partial charge on any atom is 0.138 e. The van der Waals surface area contributed by atoms with E-state index in [0.29, 0.717) is 17.3 Å². The SMILES string of the molecule is OC(COc1ccccc1Cl)CN1CCN(Cc2cn3ccccc3n2)CC1. The predicted octanol–water partition coefficient (Wildman–Crippen LogP) is 2.55. The number of imidazole rings is 1. The Hall–Kier alpha value is -2.12. The van der Waals surface area contributed by atoms with Crippen molar-refractivity contribution in [3.05, 3.63) is 65.6 Å². The van der Waals surface area contributed by atoms with E-state index in [0.717, 1.165) is 44.1 Å². The van der Waals surface area contributed by atoms with Gasteiger partial charge < -0.3 is 14.2 Å². The van der Waals surface area contributed by atoms with E-state index in [1.54, 1.807) is 6.07 Å². The molecule has 0 aliphatic carbocycles. The van der Waals surface area contributed by atoms with Crippen LogP contribution in [0.15, 0.2) is 54.9 Å². The lowest BCUT2D eigenvalue weighted by atomic mass is 10.2. The fourth-order valence-electron chi connectivity index (χ4n) is 3.52. The Balaban J connectivity index is 1.21. The Labute approximate surface area is 169 Å². The van der Waals surface area contributed by atoms with Crippen molar-refractivity contribution in [3.8, 4) is 5.75 Å². The maximum absolute atomic E-state index is 10.3. The number of hydrogen-bond donors (Lipinski definition) is 1. The number of para-hydroxylation sites is 1. The zero-order chi connectivity index (χ0) is 19.3. The summed E-state index contributed by atoms with van der Waals surface area (Å²) in [4.78, 5) is 9.36. The van der Waals surface area contributed by atoms with Crippen LogP contribution in [0.1, 0.15) is 5.69 Å². The molecule has 0 spiro atoms. The van der Waals surface area contributed by atoms with Crippen molar-refractivity contribution in [1.82, 2.24) is 19.2 Å². The van der Waals surface area contributed by atoms with Crippen LogP contribution in [0.5, 0.6) is 5.75 Å². The summed E-state index contributed by atoms with van der Waals surface area (Å²) in [6.45, 7) is 5.48. The lowest BCUT2D eigenvalue weighted by molar-refractivity contribution is 0.0444. The van der Waals surface area contributed by atoms with E-state index in [1.165, 1.54) is 0 Å². The predicted molar refractivity (Wildman–Crippen MR) is 110 cm³/mol. The molecule has 4 rings (SSSR count). The van der Waals surface area contributed by atoms with E-state index in [-0.39, 0.29) is 6.61 Å². The molecule has 148 valence electrons. The first-order valence-corrected chi connectivity index (χ1v) is 9.98. The molecule has 28 heavy (non-hydrogen) atoms. The number of ether oxygens (including phenoxy) is 1. The molecular weight excluding hydrogens is 376 g/mol. The summed E-state index contributed by atoms with van der Waals surface area (Å²) in [5.41, 5.74) is 2.07. The topological polar surface area (TPSA) is 53.2 Å². The molecule has 1 unspecified atom stereocenters. The summed E-state index contributed by atoms with van der Waals surface area (Å²) in [5.74, 6) is 0.612. The molecule has 1 fully saturated rings. The minimum Gasteiger partial charge on any atom is -0.489 e. The van der Waals surface area contributed by atoms with Crippen LogP contribution in [0.2, 0.25) is 5.02 Å². The molecular formula is C21H25ClN4O2. The number of rotatable bonds is 7. The molecule has 1 aromatic carbocycles. The number of aliphatic hydroxyl groups excluding tert-OH is 1. The summed E-state index contributed by atoms with van der Waals surface area (Å²) < 4.78 is 7.70. The maximum atomic E-state index is 10.3. The smallest absolute Gasteiger partial charge is 0.138 e. The molecule has 2 aromatic heterocycles. The highest BCUT2D eigenvalue weighted by atomic mass is 35.5. The van der Waals surface area contributed by atoms with Gasteiger partial charge in [0.2, 0.25) is 0 Å². The average molecular weight is 401 g/mol. The summed E-state index contributed by atoms with van der Waals surface area (Å²) in [7, 11) is 0. The highest BCUT2D eigenvalue weighted by molar-refractivity contribution is 6.32. The third-order valence-electron chi connectivity index (χ3n) is 5.00. The van der Waals surface area contributed by atoms with Crippen molar-refractivity contribution in [3.63, 3.8) is 0 Å². The summed E-state index contributed by atoms with van der Waals surface area (Å²) in [6, 6.07) is 13.4. The van der Waals surface area contributed by atoms with Crippen LogP contribution in [0.4, 0.5) is 0 Å². The number of pyridine rings is 1. The van der Waals surface area contributed by atoms with E-state index in [9.17, 15) is 5.11 Å². The number of fused-ring (bicyclic) bond motifs is 1. The molecule has 0 radical (unpaired) electrons. The fourth-order valence-corrected chi connectivity index (χ4v) is 3.71. The molecule has 1 atom stereocenters. The zero-order valence-corrected chi connectivity index (χ0v) is 16.5. The first-order chi connectivity index (χ1) is 13.7. The van der Waals surface area contributed by atoms with Gasteiger partial charge >= 0.3 is 0 Å². The van der Waals surface area contributed by atoms with Gasteiger partial charge in [-0.2, -0.15) is 0 Å². The van der Waals surface area contributed by atoms with Crippen molar-refractivity contribution in [2.45, 2.75) is 12.6 Å². The number of aromatic nitrogens is 2. The Kier molecular flexibility index (Phi) is 6.12. The molecule has 0 amide bonds. The highest BCUT2D eigenvalue weighted by Crippen LogP contribution is 2.23. The minimum atomic E-state index is -0.540. The van der Waals surface area contributed by atoms with Gasteiger partial charge in [0, 0.05) is 51.7 Å². The van der Waals surface area contributed by atoms with Crippen LogP contribution in [0.3, 0.4) is 0 Å². The second-order valence-electron chi connectivity index (χ2n) is 7.17. The van der Waals surface area contributed by atoms with Gasteiger partial charge in [0.15, 0.2) is 0 Å². The Bertz CT molecular complexity index is 875. The van der Waals surface area contributed by atoms with Gasteiger partial charge in [-0.25, -0.2) is 4.98 Å². The quantitative estimate of drug-likeness (QED) is 0.660. The highest BCUT2D eigenvalue weighted by Gasteiger charge is 2.20. The lowest BCUT2D eigenvalue weighted by Gasteiger charge is -2.35. The van der Waals surface area contributed by atoms with Crippen molar-refractivity contribution in [1.29, 1.82) is 0 Å². The standard InChI is InChI=1S/C21H25ClN4O2/c22-19-5-1-2-6-20(19)28-16-18(27)15-25-11-9-24(10-12-25)13-17-14-26-8-4-3-7-21(26)23-17/h1-8,14,18,27H,9-13,15-16H2. The van der Waals surface area contributed by atoms with E-state index in [2.05, 4.69) is 25.4 Å². The van der Waals surface area contributed by atoms with E-state index < -0.39 is 6.10 Å². The van der Waals surface area contributed by atoms with Gasteiger partial charge in [-0.15, -0.1) is 0 Å². The second-order valence-corrected chi connectivity index (χ2v) is 7.58. The van der Waals surface area contributed by atoms with Crippen molar-refractivity contribution in [2.75, 3.05) is 39.3 Å². The van der Waals surface area contributed by atoms with Crippen LogP contribution >= 0.6 is 11.6 Å². The van der Waals surface area contributed by atoms with Gasteiger partial charge in [-0.1, -0.05) is 29.8 Å². The fraction of sp³-hybridized carbons (Fsp3) is 0.381. The van der Waals surface area contributed by atoms with Crippen LogP contribution < -0.4 is 4.74 Å². The van der Waals surface area contributed by atoms with Crippen LogP contribution in [-0.4, -0.2) is 69.7 Å². The van der Waals surface area contributed by atoms with E-state index >= 15 is 0 Å². The molecule has 6 nitrogen and oxygen atoms in total.